The third-order valence-corrected chi connectivity index (χ3v) is 3.86. The Balaban J connectivity index is 1.65. The highest BCUT2D eigenvalue weighted by Gasteiger charge is 2.24. The second-order valence-corrected chi connectivity index (χ2v) is 6.08. The first-order valence-electron chi connectivity index (χ1n) is 7.67. The third kappa shape index (κ3) is 3.27. The maximum Gasteiger partial charge on any atom is 0.122 e. The van der Waals surface area contributed by atoms with Gasteiger partial charge in [0.25, 0.3) is 0 Å². The van der Waals surface area contributed by atoms with Crippen LogP contribution in [0.4, 0.5) is 0 Å². The van der Waals surface area contributed by atoms with E-state index in [0.29, 0.717) is 11.8 Å². The molecule has 4 heteroatoms. The highest BCUT2D eigenvalue weighted by Crippen LogP contribution is 2.34. The zero-order valence-corrected chi connectivity index (χ0v) is 12.7. The molecular weight excluding hydrogens is 262 g/mol. The molecule has 21 heavy (non-hydrogen) atoms. The normalized spacial score (nSPS) is 17.0. The number of hydrogen-bond acceptors (Lipinski definition) is 3. The molecule has 0 amide bonds. The molecule has 1 aromatic heterocycles. The Hall–Kier alpha value is -1.81. The molecule has 2 heterocycles. The number of nitrogens with zero attached hydrogens (tertiary/aromatic N) is 2. The topological polar surface area (TPSA) is 39.1 Å². The van der Waals surface area contributed by atoms with E-state index in [1.54, 1.807) is 0 Å². The van der Waals surface area contributed by atoms with Crippen molar-refractivity contribution in [2.24, 2.45) is 5.92 Å². The number of rotatable bonds is 6. The summed E-state index contributed by atoms with van der Waals surface area (Å²) in [4.78, 5) is 0. The van der Waals surface area contributed by atoms with Crippen molar-refractivity contribution in [3.63, 3.8) is 0 Å². The summed E-state index contributed by atoms with van der Waals surface area (Å²) >= 11 is 0. The smallest absolute Gasteiger partial charge is 0.122 e. The van der Waals surface area contributed by atoms with Crippen LogP contribution in [0.25, 0.3) is 0 Å². The first-order chi connectivity index (χ1) is 10.2. The van der Waals surface area contributed by atoms with Gasteiger partial charge in [-0.05, 0) is 24.6 Å². The second kappa shape index (κ2) is 6.31. The number of hydrogen-bond donors (Lipinski definition) is 1. The molecule has 0 saturated carbocycles. The van der Waals surface area contributed by atoms with E-state index in [9.17, 15) is 0 Å². The zero-order chi connectivity index (χ0) is 14.7. The Labute approximate surface area is 126 Å². The van der Waals surface area contributed by atoms with Crippen LogP contribution in [0.15, 0.2) is 36.5 Å². The Kier molecular flexibility index (Phi) is 4.25. The summed E-state index contributed by atoms with van der Waals surface area (Å²) in [7, 11) is 0. The Morgan fingerprint density at radius 3 is 3.05 bits per heavy atom. The average molecular weight is 285 g/mol. The molecule has 3 rings (SSSR count). The maximum absolute atomic E-state index is 5.76. The van der Waals surface area contributed by atoms with E-state index in [2.05, 4.69) is 47.1 Å². The van der Waals surface area contributed by atoms with Gasteiger partial charge in [0.15, 0.2) is 0 Å². The van der Waals surface area contributed by atoms with Crippen molar-refractivity contribution in [1.29, 1.82) is 0 Å². The molecule has 1 aliphatic rings. The van der Waals surface area contributed by atoms with Crippen molar-refractivity contribution < 1.29 is 4.74 Å². The zero-order valence-electron chi connectivity index (χ0n) is 12.7. The van der Waals surface area contributed by atoms with Crippen molar-refractivity contribution in [1.82, 2.24) is 15.1 Å². The van der Waals surface area contributed by atoms with Crippen LogP contribution >= 0.6 is 0 Å². The van der Waals surface area contributed by atoms with E-state index >= 15 is 0 Å². The lowest BCUT2D eigenvalue weighted by Gasteiger charge is -2.13. The summed E-state index contributed by atoms with van der Waals surface area (Å²) in [5.74, 6) is 2.08. The average Bonchev–Trinajstić information content (AvgIpc) is 3.07. The van der Waals surface area contributed by atoms with Crippen molar-refractivity contribution in [3.05, 3.63) is 47.8 Å². The Morgan fingerprint density at radius 2 is 2.19 bits per heavy atom. The lowest BCUT2D eigenvalue weighted by molar-refractivity contribution is 0.313. The van der Waals surface area contributed by atoms with Crippen molar-refractivity contribution in [2.75, 3.05) is 13.2 Å². The SMILES string of the molecule is CC(C)CNCc1ccnn1CC1COc2ccccc21. The Bertz CT molecular complexity index is 591. The van der Waals surface area contributed by atoms with Crippen LogP contribution in [0, 0.1) is 5.92 Å². The minimum absolute atomic E-state index is 0.393. The van der Waals surface area contributed by atoms with E-state index in [0.717, 1.165) is 32.0 Å². The molecule has 1 aromatic carbocycles. The standard InChI is InChI=1S/C17H23N3O/c1-13(2)9-18-10-15-7-8-19-20(15)11-14-12-21-17-6-4-3-5-16(14)17/h3-8,13-14,18H,9-12H2,1-2H3. The number of benzene rings is 1. The first kappa shape index (κ1) is 14.1. The second-order valence-electron chi connectivity index (χ2n) is 6.08. The predicted octanol–water partition coefficient (Wildman–Crippen LogP) is 2.80. The number of para-hydroxylation sites is 1. The van der Waals surface area contributed by atoms with E-state index in [1.165, 1.54) is 11.3 Å². The molecule has 0 spiro atoms. The van der Waals surface area contributed by atoms with Gasteiger partial charge in [-0.25, -0.2) is 0 Å². The highest BCUT2D eigenvalue weighted by molar-refractivity contribution is 5.39. The minimum Gasteiger partial charge on any atom is -0.493 e. The summed E-state index contributed by atoms with van der Waals surface area (Å²) in [6.45, 7) is 7.96. The van der Waals surface area contributed by atoms with Crippen molar-refractivity contribution in [3.8, 4) is 5.75 Å². The molecule has 1 atom stereocenters. The van der Waals surface area contributed by atoms with Crippen LogP contribution in [-0.4, -0.2) is 22.9 Å². The quantitative estimate of drug-likeness (QED) is 0.887. The van der Waals surface area contributed by atoms with Gasteiger partial charge in [0.1, 0.15) is 5.75 Å². The first-order valence-corrected chi connectivity index (χ1v) is 7.67. The van der Waals surface area contributed by atoms with Crippen LogP contribution < -0.4 is 10.1 Å². The van der Waals surface area contributed by atoms with Crippen LogP contribution in [0.2, 0.25) is 0 Å². The maximum atomic E-state index is 5.76. The third-order valence-electron chi connectivity index (χ3n) is 3.86. The summed E-state index contributed by atoms with van der Waals surface area (Å²) in [5.41, 5.74) is 2.54. The van der Waals surface area contributed by atoms with E-state index in [1.807, 2.05) is 18.3 Å². The van der Waals surface area contributed by atoms with Gasteiger partial charge in [0.2, 0.25) is 0 Å². The molecule has 0 radical (unpaired) electrons. The van der Waals surface area contributed by atoms with Gasteiger partial charge in [-0.15, -0.1) is 0 Å². The molecule has 1 unspecified atom stereocenters. The van der Waals surface area contributed by atoms with Crippen LogP contribution in [0.1, 0.15) is 31.0 Å². The van der Waals surface area contributed by atoms with Crippen molar-refractivity contribution >= 4 is 0 Å². The summed E-state index contributed by atoms with van der Waals surface area (Å²) in [5, 5.41) is 7.95. The fourth-order valence-electron chi connectivity index (χ4n) is 2.75. The number of fused-ring (bicyclic) bond motifs is 1. The minimum atomic E-state index is 0.393. The fraction of sp³-hybridized carbons (Fsp3) is 0.471. The van der Waals surface area contributed by atoms with Crippen LogP contribution in [0.3, 0.4) is 0 Å². The highest BCUT2D eigenvalue weighted by atomic mass is 16.5. The van der Waals surface area contributed by atoms with Crippen molar-refractivity contribution in [2.45, 2.75) is 32.9 Å². The molecule has 112 valence electrons. The Morgan fingerprint density at radius 1 is 1.33 bits per heavy atom. The van der Waals surface area contributed by atoms with E-state index in [4.69, 9.17) is 4.74 Å². The van der Waals surface area contributed by atoms with Gasteiger partial charge in [-0.2, -0.15) is 5.10 Å². The molecule has 0 bridgehead atoms. The lowest BCUT2D eigenvalue weighted by atomic mass is 10.0. The molecule has 0 fully saturated rings. The monoisotopic (exact) mass is 285 g/mol. The van der Waals surface area contributed by atoms with Gasteiger partial charge >= 0.3 is 0 Å². The number of ether oxygens (including phenoxy) is 1. The van der Waals surface area contributed by atoms with Gasteiger partial charge in [-0.1, -0.05) is 32.0 Å². The molecule has 4 nitrogen and oxygen atoms in total. The van der Waals surface area contributed by atoms with Crippen LogP contribution in [0.5, 0.6) is 5.75 Å². The van der Waals surface area contributed by atoms with Gasteiger partial charge in [0.05, 0.1) is 18.8 Å². The molecule has 1 N–H and O–H groups in total. The molecule has 1 aliphatic heterocycles. The largest absolute Gasteiger partial charge is 0.493 e. The summed E-state index contributed by atoms with van der Waals surface area (Å²) in [6.07, 6.45) is 1.88. The molecule has 2 aromatic rings. The predicted molar refractivity (Wildman–Crippen MR) is 83.4 cm³/mol. The van der Waals surface area contributed by atoms with E-state index in [-0.39, 0.29) is 0 Å². The molecule has 0 saturated heterocycles. The van der Waals surface area contributed by atoms with Gasteiger partial charge in [0, 0.05) is 24.2 Å². The van der Waals surface area contributed by atoms with Gasteiger partial charge < -0.3 is 10.1 Å². The van der Waals surface area contributed by atoms with E-state index < -0.39 is 0 Å². The lowest BCUT2D eigenvalue weighted by Crippen LogP contribution is -2.22. The molecule has 0 aliphatic carbocycles. The number of nitrogens with one attached hydrogen (secondary N) is 1. The van der Waals surface area contributed by atoms with Crippen LogP contribution in [-0.2, 0) is 13.1 Å². The summed E-state index contributed by atoms with van der Waals surface area (Å²) in [6, 6.07) is 10.4. The fourth-order valence-corrected chi connectivity index (χ4v) is 2.75. The summed E-state index contributed by atoms with van der Waals surface area (Å²) < 4.78 is 7.86. The number of aromatic nitrogens is 2. The molecular formula is C17H23N3O. The van der Waals surface area contributed by atoms with Gasteiger partial charge in [-0.3, -0.25) is 4.68 Å².